The van der Waals surface area contributed by atoms with Gasteiger partial charge in [-0.05, 0) is 101 Å². The number of carbonyl (C=O) groups excluding carboxylic acids is 4. The van der Waals surface area contributed by atoms with Gasteiger partial charge in [0.1, 0.15) is 41.8 Å². The molecule has 4 amide bonds. The smallest absolute Gasteiger partial charge is 0.427 e. The highest BCUT2D eigenvalue weighted by Crippen LogP contribution is 2.39. The predicted molar refractivity (Wildman–Crippen MR) is 258 cm³/mol. The van der Waals surface area contributed by atoms with Gasteiger partial charge in [0.2, 0.25) is 5.91 Å². The van der Waals surface area contributed by atoms with Crippen molar-refractivity contribution >= 4 is 95.2 Å². The summed E-state index contributed by atoms with van der Waals surface area (Å²) < 4.78 is 51.3. The number of alkyl halides is 3. The van der Waals surface area contributed by atoms with Crippen molar-refractivity contribution in [3.05, 3.63) is 87.8 Å². The zero-order valence-electron chi connectivity index (χ0n) is 39.1. The van der Waals surface area contributed by atoms with Gasteiger partial charge in [0.15, 0.2) is 10.6 Å². The first-order valence-corrected chi connectivity index (χ1v) is 25.1. The number of nitrogens with one attached hydrogen (secondary N) is 1. The van der Waals surface area contributed by atoms with E-state index >= 15 is 0 Å². The molecule has 2 aromatic carbocycles. The molecule has 24 heteroatoms. The maximum Gasteiger partial charge on any atom is 0.427 e. The van der Waals surface area contributed by atoms with Crippen molar-refractivity contribution in [3.8, 4) is 5.75 Å². The summed E-state index contributed by atoms with van der Waals surface area (Å²) in [5.74, 6) is -2.31. The minimum atomic E-state index is -4.10. The van der Waals surface area contributed by atoms with Crippen molar-refractivity contribution in [1.29, 1.82) is 0 Å². The van der Waals surface area contributed by atoms with Crippen LogP contribution in [0.3, 0.4) is 0 Å². The van der Waals surface area contributed by atoms with Crippen molar-refractivity contribution in [2.24, 2.45) is 0 Å². The van der Waals surface area contributed by atoms with E-state index in [2.05, 4.69) is 19.2 Å². The van der Waals surface area contributed by atoms with E-state index in [1.807, 2.05) is 24.3 Å². The van der Waals surface area contributed by atoms with E-state index in [0.29, 0.717) is 22.8 Å². The minimum Gasteiger partial charge on any atom is -0.489 e. The quantitative estimate of drug-likeness (QED) is 0.0481. The summed E-state index contributed by atoms with van der Waals surface area (Å²) in [7, 11) is -2.52. The predicted octanol–water partition coefficient (Wildman–Crippen LogP) is 9.08. The number of furan rings is 1. The number of carbonyl (C=O) groups is 5. The van der Waals surface area contributed by atoms with Crippen LogP contribution in [0.1, 0.15) is 90.2 Å². The summed E-state index contributed by atoms with van der Waals surface area (Å²) in [5, 5.41) is 10.2. The number of anilines is 2. The van der Waals surface area contributed by atoms with Crippen LogP contribution in [0, 0.1) is 5.82 Å². The number of allylic oxidation sites excluding steroid dienone is 1. The second-order valence-corrected chi connectivity index (χ2v) is 19.5. The number of benzene rings is 2. The van der Waals surface area contributed by atoms with E-state index in [1.54, 1.807) is 52.0 Å². The number of ether oxygens (including phenoxy) is 4. The number of carboxylic acid groups (broad SMARTS) is 1. The zero-order chi connectivity index (χ0) is 51.8. The van der Waals surface area contributed by atoms with Crippen molar-refractivity contribution in [3.63, 3.8) is 0 Å². The molecule has 6 rings (SSSR count). The summed E-state index contributed by atoms with van der Waals surface area (Å²) in [6, 6.07) is 12.0. The number of cyclic esters (lactones) is 1. The van der Waals surface area contributed by atoms with Crippen LogP contribution < -0.4 is 19.9 Å². The van der Waals surface area contributed by atoms with Crippen molar-refractivity contribution in [2.45, 2.75) is 103 Å². The van der Waals surface area contributed by atoms with Crippen LogP contribution in [0.2, 0.25) is 5.02 Å². The van der Waals surface area contributed by atoms with E-state index in [9.17, 15) is 32.9 Å². The lowest BCUT2D eigenvalue weighted by atomic mass is 10.0. The Morgan fingerprint density at radius 1 is 1.04 bits per heavy atom. The first kappa shape index (κ1) is 59.0. The first-order valence-electron chi connectivity index (χ1n) is 21.5. The van der Waals surface area contributed by atoms with Crippen molar-refractivity contribution in [1.82, 2.24) is 10.2 Å². The van der Waals surface area contributed by atoms with Crippen LogP contribution in [0.15, 0.2) is 64.5 Å². The SMILES string of the molecule is CC(C)=C1OC(=O)N(c2cc(OC3CCCC3)c(Cl)cc2F)C1=O.CC1(C)OC(c2ccco2)CN1C(=O)C(Cl)Cl.CCc1cccc(CC)c1N(COC)C(=O)CCl.O=C(O)CNCP(=O)(O)O. The van der Waals surface area contributed by atoms with Crippen LogP contribution in [0.25, 0.3) is 0 Å². The van der Waals surface area contributed by atoms with Crippen LogP contribution in [-0.4, -0.2) is 105 Å². The highest BCUT2D eigenvalue weighted by atomic mass is 35.5. The van der Waals surface area contributed by atoms with Gasteiger partial charge in [0.25, 0.3) is 5.91 Å². The average Bonchev–Trinajstić information content (AvgIpc) is 4.11. The van der Waals surface area contributed by atoms with Gasteiger partial charge in [0, 0.05) is 13.2 Å². The van der Waals surface area contributed by atoms with E-state index in [4.69, 9.17) is 84.7 Å². The number of methoxy groups -OCH3 is 1. The summed E-state index contributed by atoms with van der Waals surface area (Å²) in [6.45, 7) is 11.2. The average molecular weight is 1070 g/mol. The molecule has 1 saturated carbocycles. The third-order valence-electron chi connectivity index (χ3n) is 10.3. The third kappa shape index (κ3) is 17.2. The zero-order valence-corrected chi connectivity index (χ0v) is 43.1. The summed E-state index contributed by atoms with van der Waals surface area (Å²) in [4.78, 5) is 77.0. The highest BCUT2D eigenvalue weighted by Gasteiger charge is 2.45. The molecule has 1 aliphatic carbocycles. The van der Waals surface area contributed by atoms with Gasteiger partial charge in [-0.3, -0.25) is 34.0 Å². The number of carboxylic acids is 1. The van der Waals surface area contributed by atoms with Gasteiger partial charge in [0.05, 0.1) is 48.1 Å². The molecular formula is C45H58Cl4FN4O14P. The number of rotatable bonds is 15. The monoisotopic (exact) mass is 1070 g/mol. The standard InChI is InChI=1S/C17H17ClFNO4.C14H20ClNO2.C11H13Cl2NO3.C3H8NO5P/c1-9(2)15-16(21)20(17(22)24-15)13-8-14(11(18)7-12(13)19)23-10-5-3-4-6-10;1-4-11-7-6-8-12(5-2)14(11)16(10-18-3)13(17)9-15;1-11(2)14(10(15)9(12)13)6-8(17-11)7-4-3-5-16-7;5-3(6)1-4-2-10(7,8)9/h7-8,10H,3-6H2,1-2H3;6-8H,4-5,9-10H2,1-3H3;3-5,8-9H,6H2,1-2H3;4H,1-2H2,(H,5,6)(H2,7,8,9). The lowest BCUT2D eigenvalue weighted by molar-refractivity contribution is -0.144. The van der Waals surface area contributed by atoms with E-state index in [1.165, 1.54) is 11.0 Å². The second-order valence-electron chi connectivity index (χ2n) is 16.1. The van der Waals surface area contributed by atoms with E-state index in [-0.39, 0.29) is 58.9 Å². The van der Waals surface area contributed by atoms with Gasteiger partial charge < -0.3 is 43.2 Å². The molecule has 0 bridgehead atoms. The van der Waals surface area contributed by atoms with Crippen LogP contribution in [-0.2, 0) is 50.8 Å². The fourth-order valence-electron chi connectivity index (χ4n) is 7.11. The number of amides is 4. The molecule has 1 aromatic heterocycles. The summed E-state index contributed by atoms with van der Waals surface area (Å²) in [6.07, 6.45) is 5.44. The lowest BCUT2D eigenvalue weighted by Crippen LogP contribution is -2.45. The number of imide groups is 1. The number of aliphatic carboxylic acids is 1. The Morgan fingerprint density at radius 3 is 2.14 bits per heavy atom. The van der Waals surface area contributed by atoms with Crippen molar-refractivity contribution in [2.75, 3.05) is 48.9 Å². The molecule has 3 aromatic rings. The van der Waals surface area contributed by atoms with E-state index in [0.717, 1.165) is 61.4 Å². The molecule has 382 valence electrons. The summed E-state index contributed by atoms with van der Waals surface area (Å²) in [5.41, 5.74) is 2.81. The van der Waals surface area contributed by atoms with E-state index < -0.39 is 54.8 Å². The Morgan fingerprint density at radius 2 is 1.67 bits per heavy atom. The number of aryl methyl sites for hydroxylation is 2. The molecule has 4 N–H and O–H groups in total. The maximum atomic E-state index is 14.3. The molecule has 1 atom stereocenters. The molecule has 0 radical (unpaired) electrons. The Hall–Kier alpha value is -4.27. The van der Waals surface area contributed by atoms with Gasteiger partial charge in [-0.25, -0.2) is 14.1 Å². The fourth-order valence-corrected chi connectivity index (χ4v) is 8.09. The lowest BCUT2D eigenvalue weighted by Gasteiger charge is -2.29. The molecule has 1 unspecified atom stereocenters. The Balaban J connectivity index is 0.000000254. The van der Waals surface area contributed by atoms with Gasteiger partial charge >= 0.3 is 25.6 Å². The number of nitrogens with zero attached hydrogens (tertiary/aromatic N) is 3. The Bertz CT molecular complexity index is 2300. The Kier molecular flexibility index (Phi) is 23.4. The van der Waals surface area contributed by atoms with Crippen LogP contribution >= 0.6 is 54.0 Å². The molecule has 2 aliphatic heterocycles. The van der Waals surface area contributed by atoms with Crippen LogP contribution in [0.4, 0.5) is 20.6 Å². The molecule has 3 heterocycles. The molecule has 3 fully saturated rings. The molecular weight excluding hydrogens is 1010 g/mol. The number of halogens is 5. The fraction of sp³-hybridized carbons (Fsp3) is 0.489. The number of hydrogen-bond acceptors (Lipinski definition) is 12. The van der Waals surface area contributed by atoms with Gasteiger partial charge in [-0.2, -0.15) is 0 Å². The molecule has 3 aliphatic rings. The highest BCUT2D eigenvalue weighted by molar-refractivity contribution is 7.51. The largest absolute Gasteiger partial charge is 0.489 e. The third-order valence-corrected chi connectivity index (χ3v) is 11.8. The second kappa shape index (κ2) is 27.4. The number of hydrogen-bond donors (Lipinski definition) is 4. The normalized spacial score (nSPS) is 16.5. The molecule has 18 nitrogen and oxygen atoms in total. The summed E-state index contributed by atoms with van der Waals surface area (Å²) >= 11 is 22.9. The van der Waals surface area contributed by atoms with Gasteiger partial charge in [-0.15, -0.1) is 11.6 Å². The topological polar surface area (TPSA) is 235 Å². The van der Waals surface area contributed by atoms with Crippen molar-refractivity contribution < 1.29 is 71.2 Å². The molecule has 2 saturated heterocycles. The molecule has 69 heavy (non-hydrogen) atoms. The van der Waals surface area contributed by atoms with Gasteiger partial charge in [-0.1, -0.05) is 66.8 Å². The molecule has 0 spiro atoms. The Labute approximate surface area is 420 Å². The first-order chi connectivity index (χ1) is 32.4. The number of para-hydroxylation sites is 1. The maximum absolute atomic E-state index is 14.3. The van der Waals surface area contributed by atoms with Crippen LogP contribution in [0.5, 0.6) is 5.75 Å². The minimum absolute atomic E-state index is 0.00962.